The summed E-state index contributed by atoms with van der Waals surface area (Å²) in [5, 5.41) is 4.05. The van der Waals surface area contributed by atoms with Crippen molar-refractivity contribution in [1.29, 1.82) is 0 Å². The molecule has 0 aliphatic carbocycles. The molecule has 0 spiro atoms. The van der Waals surface area contributed by atoms with Gasteiger partial charge in [0, 0.05) is 36.7 Å². The quantitative estimate of drug-likeness (QED) is 0.773. The third kappa shape index (κ3) is 3.54. The minimum Gasteiger partial charge on any atom is -0.341 e. The van der Waals surface area contributed by atoms with Gasteiger partial charge in [-0.1, -0.05) is 15.9 Å². The van der Waals surface area contributed by atoms with Gasteiger partial charge in [0.15, 0.2) is 0 Å². The van der Waals surface area contributed by atoms with Crippen LogP contribution in [0.2, 0.25) is 0 Å². The predicted octanol–water partition coefficient (Wildman–Crippen LogP) is 3.83. The zero-order valence-corrected chi connectivity index (χ0v) is 16.1. The number of amides is 2. The first-order valence-corrected chi connectivity index (χ1v) is 9.52. The highest BCUT2D eigenvalue weighted by molar-refractivity contribution is 9.10. The van der Waals surface area contributed by atoms with Gasteiger partial charge >= 0.3 is 0 Å². The average molecular weight is 407 g/mol. The Morgan fingerprint density at radius 3 is 2.88 bits per heavy atom. The van der Waals surface area contributed by atoms with E-state index in [2.05, 4.69) is 15.9 Å². The van der Waals surface area contributed by atoms with Crippen LogP contribution >= 0.6 is 27.3 Å². The van der Waals surface area contributed by atoms with E-state index < -0.39 is 0 Å². The Kier molecular flexibility index (Phi) is 5.06. The lowest BCUT2D eigenvalue weighted by atomic mass is 10.1. The van der Waals surface area contributed by atoms with E-state index in [0.717, 1.165) is 21.3 Å². The van der Waals surface area contributed by atoms with Crippen molar-refractivity contribution in [1.82, 2.24) is 4.90 Å². The van der Waals surface area contributed by atoms with Crippen LogP contribution < -0.4 is 4.90 Å². The molecule has 1 aromatic heterocycles. The van der Waals surface area contributed by atoms with Crippen molar-refractivity contribution in [2.24, 2.45) is 5.92 Å². The lowest BCUT2D eigenvalue weighted by Crippen LogP contribution is -2.34. The molecule has 1 fully saturated rings. The second-order valence-electron chi connectivity index (χ2n) is 6.16. The number of carbonyl (C=O) groups excluding carboxylic acids is 2. The molecule has 1 saturated heterocycles. The number of benzene rings is 1. The molecule has 2 aromatic rings. The summed E-state index contributed by atoms with van der Waals surface area (Å²) >= 11 is 5.06. The van der Waals surface area contributed by atoms with Gasteiger partial charge in [-0.15, -0.1) is 0 Å². The maximum atomic E-state index is 12.7. The van der Waals surface area contributed by atoms with Crippen molar-refractivity contribution in [3.63, 3.8) is 0 Å². The van der Waals surface area contributed by atoms with Gasteiger partial charge in [0.1, 0.15) is 0 Å². The highest BCUT2D eigenvalue weighted by atomic mass is 79.9. The molecular weight excluding hydrogens is 388 g/mol. The lowest BCUT2D eigenvalue weighted by Gasteiger charge is -2.22. The van der Waals surface area contributed by atoms with Crippen molar-refractivity contribution in [2.45, 2.75) is 19.9 Å². The summed E-state index contributed by atoms with van der Waals surface area (Å²) in [4.78, 5) is 28.5. The number of nitrogens with zero attached hydrogens (tertiary/aromatic N) is 2. The van der Waals surface area contributed by atoms with E-state index in [1.165, 1.54) is 0 Å². The molecule has 1 atom stereocenters. The normalized spacial score (nSPS) is 17.4. The third-order valence-corrected chi connectivity index (χ3v) is 5.53. The number of carbonyl (C=O) groups is 2. The SMILES string of the molecule is Cc1cc(Br)ccc1N1C[C@@H](C(=O)N(C)Cc2ccsc2)CC1=O. The molecule has 2 heterocycles. The van der Waals surface area contributed by atoms with Crippen LogP contribution in [-0.4, -0.2) is 30.3 Å². The minimum absolute atomic E-state index is 0.0164. The molecule has 1 aliphatic rings. The molecule has 4 nitrogen and oxygen atoms in total. The van der Waals surface area contributed by atoms with Crippen molar-refractivity contribution in [3.8, 4) is 0 Å². The Labute approximate surface area is 154 Å². The fourth-order valence-electron chi connectivity index (χ4n) is 3.07. The van der Waals surface area contributed by atoms with E-state index in [4.69, 9.17) is 0 Å². The number of aryl methyl sites for hydroxylation is 1. The lowest BCUT2D eigenvalue weighted by molar-refractivity contribution is -0.135. The van der Waals surface area contributed by atoms with Crippen LogP contribution in [-0.2, 0) is 16.1 Å². The molecule has 2 amide bonds. The molecule has 0 unspecified atom stereocenters. The van der Waals surface area contributed by atoms with E-state index in [0.29, 0.717) is 13.1 Å². The molecule has 1 aromatic carbocycles. The fourth-order valence-corrected chi connectivity index (χ4v) is 4.21. The third-order valence-electron chi connectivity index (χ3n) is 4.30. The standard InChI is InChI=1S/C18H19BrN2O2S/c1-12-7-15(19)3-4-16(12)21-10-14(8-17(21)22)18(23)20(2)9-13-5-6-24-11-13/h3-7,11,14H,8-10H2,1-2H3/t14-/m0/s1. The number of anilines is 1. The van der Waals surface area contributed by atoms with Gasteiger partial charge in [0.05, 0.1) is 5.92 Å². The zero-order valence-electron chi connectivity index (χ0n) is 13.7. The van der Waals surface area contributed by atoms with Gasteiger partial charge in [-0.05, 0) is 53.1 Å². The monoisotopic (exact) mass is 406 g/mol. The maximum Gasteiger partial charge on any atom is 0.228 e. The number of rotatable bonds is 4. The molecule has 24 heavy (non-hydrogen) atoms. The van der Waals surface area contributed by atoms with Crippen LogP contribution in [0.1, 0.15) is 17.5 Å². The van der Waals surface area contributed by atoms with Gasteiger partial charge in [-0.3, -0.25) is 9.59 Å². The summed E-state index contributed by atoms with van der Waals surface area (Å²) in [6, 6.07) is 7.86. The van der Waals surface area contributed by atoms with Crippen LogP contribution in [0.25, 0.3) is 0 Å². The zero-order chi connectivity index (χ0) is 17.3. The highest BCUT2D eigenvalue weighted by Gasteiger charge is 2.36. The largest absolute Gasteiger partial charge is 0.341 e. The second-order valence-corrected chi connectivity index (χ2v) is 7.86. The van der Waals surface area contributed by atoms with E-state index in [-0.39, 0.29) is 24.2 Å². The van der Waals surface area contributed by atoms with Gasteiger partial charge in [0.25, 0.3) is 0 Å². The van der Waals surface area contributed by atoms with Gasteiger partial charge in [-0.2, -0.15) is 11.3 Å². The molecule has 0 N–H and O–H groups in total. The first kappa shape index (κ1) is 17.2. The summed E-state index contributed by atoms with van der Waals surface area (Å²) in [6.07, 6.45) is 0.280. The Morgan fingerprint density at radius 2 is 2.21 bits per heavy atom. The summed E-state index contributed by atoms with van der Waals surface area (Å²) in [5.41, 5.74) is 3.04. The van der Waals surface area contributed by atoms with Crippen molar-refractivity contribution >= 4 is 44.8 Å². The average Bonchev–Trinajstić information content (AvgIpc) is 3.16. The molecule has 6 heteroatoms. The van der Waals surface area contributed by atoms with Gasteiger partial charge < -0.3 is 9.80 Å². The highest BCUT2D eigenvalue weighted by Crippen LogP contribution is 2.30. The van der Waals surface area contributed by atoms with Gasteiger partial charge in [0.2, 0.25) is 11.8 Å². The van der Waals surface area contributed by atoms with Crippen molar-refractivity contribution in [2.75, 3.05) is 18.5 Å². The minimum atomic E-state index is -0.274. The second kappa shape index (κ2) is 7.07. The Hall–Kier alpha value is -1.66. The predicted molar refractivity (Wildman–Crippen MR) is 100 cm³/mol. The van der Waals surface area contributed by atoms with Crippen LogP contribution in [0.5, 0.6) is 0 Å². The summed E-state index contributed by atoms with van der Waals surface area (Å²) in [5.74, 6) is -0.223. The van der Waals surface area contributed by atoms with Crippen LogP contribution in [0.3, 0.4) is 0 Å². The van der Waals surface area contributed by atoms with E-state index in [1.807, 2.05) is 41.9 Å². The van der Waals surface area contributed by atoms with E-state index in [9.17, 15) is 9.59 Å². The van der Waals surface area contributed by atoms with Crippen LogP contribution in [0.15, 0.2) is 39.5 Å². The topological polar surface area (TPSA) is 40.6 Å². The number of thiophene rings is 1. The van der Waals surface area contributed by atoms with Crippen molar-refractivity contribution < 1.29 is 9.59 Å². The van der Waals surface area contributed by atoms with E-state index in [1.54, 1.807) is 28.2 Å². The molecule has 0 bridgehead atoms. The summed E-state index contributed by atoms with van der Waals surface area (Å²) in [6.45, 7) is 3.02. The fraction of sp³-hybridized carbons (Fsp3) is 0.333. The molecular formula is C18H19BrN2O2S. The number of hydrogen-bond acceptors (Lipinski definition) is 3. The van der Waals surface area contributed by atoms with E-state index >= 15 is 0 Å². The Bertz CT molecular complexity index is 760. The molecule has 1 aliphatic heterocycles. The molecule has 0 radical (unpaired) electrons. The molecule has 126 valence electrons. The Balaban J connectivity index is 1.70. The smallest absolute Gasteiger partial charge is 0.228 e. The number of halogens is 1. The molecule has 0 saturated carbocycles. The van der Waals surface area contributed by atoms with Gasteiger partial charge in [-0.25, -0.2) is 0 Å². The summed E-state index contributed by atoms with van der Waals surface area (Å²) < 4.78 is 0.985. The van der Waals surface area contributed by atoms with Crippen LogP contribution in [0, 0.1) is 12.8 Å². The van der Waals surface area contributed by atoms with Crippen molar-refractivity contribution in [3.05, 3.63) is 50.6 Å². The summed E-state index contributed by atoms with van der Waals surface area (Å²) in [7, 11) is 1.80. The molecule has 3 rings (SSSR count). The first-order valence-electron chi connectivity index (χ1n) is 7.78. The number of hydrogen-bond donors (Lipinski definition) is 0. The Morgan fingerprint density at radius 1 is 1.42 bits per heavy atom. The van der Waals surface area contributed by atoms with Crippen LogP contribution in [0.4, 0.5) is 5.69 Å². The first-order chi connectivity index (χ1) is 11.5. The maximum absolute atomic E-state index is 12.7.